The number of methoxy groups -OCH3 is 2. The Morgan fingerprint density at radius 3 is 2.03 bits per heavy atom. The molecule has 0 unspecified atom stereocenters. The van der Waals surface area contributed by atoms with Crippen molar-refractivity contribution in [2.75, 3.05) is 19.5 Å². The summed E-state index contributed by atoms with van der Waals surface area (Å²) in [5.41, 5.74) is 0.918. The number of amides is 2. The smallest absolute Gasteiger partial charge is 0.255 e. The number of para-hydroxylation sites is 1. The van der Waals surface area contributed by atoms with Gasteiger partial charge in [0.2, 0.25) is 5.91 Å². The van der Waals surface area contributed by atoms with Gasteiger partial charge < -0.3 is 24.8 Å². The molecule has 2 amide bonds. The molecule has 172 valence electrons. The van der Waals surface area contributed by atoms with Crippen molar-refractivity contribution in [2.24, 2.45) is 5.92 Å². The molecule has 0 fully saturated rings. The summed E-state index contributed by atoms with van der Waals surface area (Å²) >= 11 is 0. The minimum absolute atomic E-state index is 0.140. The third-order valence-corrected chi connectivity index (χ3v) is 4.99. The maximum atomic E-state index is 12.9. The van der Waals surface area contributed by atoms with E-state index < -0.39 is 11.9 Å². The highest BCUT2D eigenvalue weighted by Crippen LogP contribution is 2.25. The van der Waals surface area contributed by atoms with Gasteiger partial charge in [-0.1, -0.05) is 32.0 Å². The maximum Gasteiger partial charge on any atom is 0.255 e. The molecule has 3 rings (SSSR count). The molecule has 0 saturated carbocycles. The molecule has 2 N–H and O–H groups in total. The Morgan fingerprint density at radius 1 is 0.788 bits per heavy atom. The van der Waals surface area contributed by atoms with Crippen LogP contribution in [-0.4, -0.2) is 32.1 Å². The summed E-state index contributed by atoms with van der Waals surface area (Å²) in [7, 11) is 3.01. The molecule has 3 aromatic carbocycles. The topological polar surface area (TPSA) is 85.9 Å². The van der Waals surface area contributed by atoms with Crippen LogP contribution in [0.1, 0.15) is 24.2 Å². The summed E-state index contributed by atoms with van der Waals surface area (Å²) in [6, 6.07) is 20.6. The zero-order valence-electron chi connectivity index (χ0n) is 19.1. The highest BCUT2D eigenvalue weighted by molar-refractivity contribution is 6.02. The van der Waals surface area contributed by atoms with E-state index in [0.717, 1.165) is 5.75 Å². The highest BCUT2D eigenvalue weighted by atomic mass is 16.5. The standard InChI is InChI=1S/C26H28N2O5/c1-17(2)24(28-25(29)22-15-14-21(31-3)16-23(22)32-4)26(30)27-18-10-12-20(13-11-18)33-19-8-6-5-7-9-19/h5-17,24H,1-4H3,(H,27,30)(H,28,29)/t24-/m0/s1. The lowest BCUT2D eigenvalue weighted by molar-refractivity contribution is -0.118. The first-order chi connectivity index (χ1) is 15.9. The molecule has 7 heteroatoms. The second-order valence-electron chi connectivity index (χ2n) is 7.69. The number of benzene rings is 3. The summed E-state index contributed by atoms with van der Waals surface area (Å²) in [4.78, 5) is 25.8. The maximum absolute atomic E-state index is 12.9. The second kappa shape index (κ2) is 11.0. The normalized spacial score (nSPS) is 11.4. The predicted molar refractivity (Wildman–Crippen MR) is 127 cm³/mol. The Balaban J connectivity index is 1.67. The van der Waals surface area contributed by atoms with E-state index in [1.54, 1.807) is 42.5 Å². The Morgan fingerprint density at radius 2 is 1.42 bits per heavy atom. The predicted octanol–water partition coefficient (Wildman–Crippen LogP) is 4.89. The fraction of sp³-hybridized carbons (Fsp3) is 0.231. The molecule has 0 spiro atoms. The van der Waals surface area contributed by atoms with Crippen LogP contribution in [0.15, 0.2) is 72.8 Å². The van der Waals surface area contributed by atoms with Crippen LogP contribution in [0.2, 0.25) is 0 Å². The van der Waals surface area contributed by atoms with Gasteiger partial charge in [-0.25, -0.2) is 0 Å². The lowest BCUT2D eigenvalue weighted by Gasteiger charge is -2.22. The first-order valence-corrected chi connectivity index (χ1v) is 10.6. The lowest BCUT2D eigenvalue weighted by Crippen LogP contribution is -2.47. The number of anilines is 1. The molecule has 0 aromatic heterocycles. The molecular weight excluding hydrogens is 420 g/mol. The van der Waals surface area contributed by atoms with Crippen molar-refractivity contribution >= 4 is 17.5 Å². The van der Waals surface area contributed by atoms with E-state index in [1.165, 1.54) is 14.2 Å². The van der Waals surface area contributed by atoms with Gasteiger partial charge in [-0.15, -0.1) is 0 Å². The van der Waals surface area contributed by atoms with Crippen molar-refractivity contribution in [3.05, 3.63) is 78.4 Å². The van der Waals surface area contributed by atoms with Crippen LogP contribution < -0.4 is 24.8 Å². The average Bonchev–Trinajstić information content (AvgIpc) is 2.83. The van der Waals surface area contributed by atoms with Crippen LogP contribution in [0.3, 0.4) is 0 Å². The van der Waals surface area contributed by atoms with Gasteiger partial charge in [-0.2, -0.15) is 0 Å². The summed E-state index contributed by atoms with van der Waals surface area (Å²) in [6.45, 7) is 3.74. The molecule has 3 aromatic rings. The zero-order chi connectivity index (χ0) is 23.8. The molecule has 0 aliphatic carbocycles. The number of hydrogen-bond acceptors (Lipinski definition) is 5. The molecule has 0 saturated heterocycles. The third kappa shape index (κ3) is 6.26. The first-order valence-electron chi connectivity index (χ1n) is 10.6. The van der Waals surface area contributed by atoms with Gasteiger partial charge in [0, 0.05) is 11.8 Å². The Labute approximate surface area is 193 Å². The number of nitrogens with one attached hydrogen (secondary N) is 2. The molecule has 7 nitrogen and oxygen atoms in total. The van der Waals surface area contributed by atoms with Gasteiger partial charge in [-0.05, 0) is 54.4 Å². The van der Waals surface area contributed by atoms with Crippen molar-refractivity contribution in [2.45, 2.75) is 19.9 Å². The summed E-state index contributed by atoms with van der Waals surface area (Å²) < 4.78 is 16.3. The van der Waals surface area contributed by atoms with E-state index in [4.69, 9.17) is 14.2 Å². The number of hydrogen-bond donors (Lipinski definition) is 2. The summed E-state index contributed by atoms with van der Waals surface area (Å²) in [5, 5.41) is 5.67. The number of rotatable bonds is 9. The highest BCUT2D eigenvalue weighted by Gasteiger charge is 2.26. The molecular formula is C26H28N2O5. The zero-order valence-corrected chi connectivity index (χ0v) is 19.1. The van der Waals surface area contributed by atoms with Crippen LogP contribution in [0.25, 0.3) is 0 Å². The van der Waals surface area contributed by atoms with E-state index in [-0.39, 0.29) is 11.8 Å². The lowest BCUT2D eigenvalue weighted by atomic mass is 10.0. The van der Waals surface area contributed by atoms with E-state index in [2.05, 4.69) is 10.6 Å². The molecule has 0 heterocycles. The average molecular weight is 449 g/mol. The molecule has 0 radical (unpaired) electrons. The van der Waals surface area contributed by atoms with Crippen LogP contribution in [0.5, 0.6) is 23.0 Å². The van der Waals surface area contributed by atoms with Crippen molar-refractivity contribution in [1.29, 1.82) is 0 Å². The number of carbonyl (C=O) groups is 2. The minimum atomic E-state index is -0.746. The van der Waals surface area contributed by atoms with Crippen LogP contribution >= 0.6 is 0 Å². The van der Waals surface area contributed by atoms with E-state index in [0.29, 0.717) is 28.5 Å². The quantitative estimate of drug-likeness (QED) is 0.487. The Kier molecular flexibility index (Phi) is 7.91. The van der Waals surface area contributed by atoms with E-state index in [9.17, 15) is 9.59 Å². The van der Waals surface area contributed by atoms with Crippen LogP contribution in [0, 0.1) is 5.92 Å². The number of carbonyl (C=O) groups excluding carboxylic acids is 2. The van der Waals surface area contributed by atoms with Gasteiger partial charge in [0.15, 0.2) is 0 Å². The SMILES string of the molecule is COc1ccc(C(=O)N[C@H](C(=O)Nc2ccc(Oc3ccccc3)cc2)C(C)C)c(OC)c1. The minimum Gasteiger partial charge on any atom is -0.497 e. The fourth-order valence-electron chi connectivity index (χ4n) is 3.19. The molecule has 1 atom stereocenters. The van der Waals surface area contributed by atoms with Gasteiger partial charge in [0.25, 0.3) is 5.91 Å². The summed E-state index contributed by atoms with van der Waals surface area (Å²) in [5.74, 6) is 1.45. The van der Waals surface area contributed by atoms with Gasteiger partial charge >= 0.3 is 0 Å². The van der Waals surface area contributed by atoms with E-state index >= 15 is 0 Å². The molecule has 0 aliphatic rings. The fourth-order valence-corrected chi connectivity index (χ4v) is 3.19. The van der Waals surface area contributed by atoms with Crippen molar-refractivity contribution in [3.63, 3.8) is 0 Å². The van der Waals surface area contributed by atoms with Gasteiger partial charge in [0.05, 0.1) is 19.8 Å². The summed E-state index contributed by atoms with van der Waals surface area (Å²) in [6.07, 6.45) is 0. The first kappa shape index (κ1) is 23.7. The van der Waals surface area contributed by atoms with Crippen molar-refractivity contribution < 1.29 is 23.8 Å². The number of ether oxygens (including phenoxy) is 3. The van der Waals surface area contributed by atoms with Crippen molar-refractivity contribution in [1.82, 2.24) is 5.32 Å². The largest absolute Gasteiger partial charge is 0.497 e. The molecule has 0 bridgehead atoms. The van der Waals surface area contributed by atoms with Gasteiger partial charge in [0.1, 0.15) is 29.0 Å². The van der Waals surface area contributed by atoms with Gasteiger partial charge in [-0.3, -0.25) is 9.59 Å². The Bertz CT molecular complexity index is 1080. The van der Waals surface area contributed by atoms with Crippen LogP contribution in [-0.2, 0) is 4.79 Å². The Hall–Kier alpha value is -4.00. The van der Waals surface area contributed by atoms with E-state index in [1.807, 2.05) is 44.2 Å². The second-order valence-corrected chi connectivity index (χ2v) is 7.69. The molecule has 33 heavy (non-hydrogen) atoms. The monoisotopic (exact) mass is 448 g/mol. The van der Waals surface area contributed by atoms with Crippen LogP contribution in [0.4, 0.5) is 5.69 Å². The van der Waals surface area contributed by atoms with Crippen molar-refractivity contribution in [3.8, 4) is 23.0 Å². The third-order valence-electron chi connectivity index (χ3n) is 4.99. The molecule has 0 aliphatic heterocycles.